The minimum absolute atomic E-state index is 0.0713. The van der Waals surface area contributed by atoms with Crippen molar-refractivity contribution in [2.75, 3.05) is 44.4 Å². The summed E-state index contributed by atoms with van der Waals surface area (Å²) in [5, 5.41) is 9.84. The molecule has 0 aromatic carbocycles. The third-order valence-corrected chi connectivity index (χ3v) is 8.11. The Labute approximate surface area is 233 Å². The van der Waals surface area contributed by atoms with Gasteiger partial charge >= 0.3 is 5.97 Å². The van der Waals surface area contributed by atoms with Crippen LogP contribution in [0.1, 0.15) is 63.1 Å². The molecule has 0 bridgehead atoms. The van der Waals surface area contributed by atoms with Crippen LogP contribution >= 0.6 is 24.0 Å². The maximum Gasteiger partial charge on any atom is 0.309 e. The third kappa shape index (κ3) is 6.47. The molecule has 1 aromatic rings. The number of esters is 1. The zero-order valence-electron chi connectivity index (χ0n) is 22.6. The van der Waals surface area contributed by atoms with Gasteiger partial charge in [-0.1, -0.05) is 30.9 Å². The van der Waals surface area contributed by atoms with Gasteiger partial charge in [0.05, 0.1) is 17.4 Å². The number of amides is 1. The second kappa shape index (κ2) is 13.9. The highest BCUT2D eigenvalue weighted by molar-refractivity contribution is 8.26. The Morgan fingerprint density at radius 3 is 2.50 bits per heavy atom. The molecule has 2 saturated heterocycles. The van der Waals surface area contributed by atoms with Crippen molar-refractivity contribution in [3.8, 4) is 6.07 Å². The van der Waals surface area contributed by atoms with Crippen molar-refractivity contribution in [1.29, 1.82) is 5.26 Å². The second-order valence-corrected chi connectivity index (χ2v) is 10.9. The van der Waals surface area contributed by atoms with E-state index in [4.69, 9.17) is 21.7 Å². The fourth-order valence-corrected chi connectivity index (χ4v) is 6.09. The van der Waals surface area contributed by atoms with Crippen molar-refractivity contribution in [2.45, 2.75) is 59.9 Å². The van der Waals surface area contributed by atoms with Gasteiger partial charge in [-0.05, 0) is 58.1 Å². The topological polar surface area (TPSA) is 105 Å². The van der Waals surface area contributed by atoms with E-state index in [-0.39, 0.29) is 28.9 Å². The molecule has 0 saturated carbocycles. The van der Waals surface area contributed by atoms with Crippen LogP contribution < -0.4 is 10.5 Å². The SMILES string of the molecule is CCCn1c(N2CCC(C(=O)OCC)CC2)c(/C=C2\SC(=S)N(CCCOCC)C2=O)c(C)c(C#N)c1=O. The largest absolute Gasteiger partial charge is 0.466 e. The lowest BCUT2D eigenvalue weighted by atomic mass is 9.95. The molecule has 9 nitrogen and oxygen atoms in total. The molecule has 3 rings (SSSR count). The molecule has 0 unspecified atom stereocenters. The fourth-order valence-electron chi connectivity index (χ4n) is 4.80. The van der Waals surface area contributed by atoms with E-state index in [1.54, 1.807) is 29.4 Å². The Morgan fingerprint density at radius 2 is 1.89 bits per heavy atom. The van der Waals surface area contributed by atoms with Crippen LogP contribution in [0.25, 0.3) is 6.08 Å². The Kier molecular flexibility index (Phi) is 10.9. The summed E-state index contributed by atoms with van der Waals surface area (Å²) in [6.07, 6.45) is 4.34. The number of nitrogens with zero attached hydrogens (tertiary/aromatic N) is 4. The van der Waals surface area contributed by atoms with E-state index in [0.717, 1.165) is 0 Å². The van der Waals surface area contributed by atoms with Gasteiger partial charge in [-0.3, -0.25) is 23.9 Å². The van der Waals surface area contributed by atoms with Gasteiger partial charge in [0.25, 0.3) is 11.5 Å². The molecule has 0 atom stereocenters. The molecule has 11 heteroatoms. The molecule has 0 radical (unpaired) electrons. The number of carbonyl (C=O) groups excluding carboxylic acids is 2. The molecule has 0 spiro atoms. The van der Waals surface area contributed by atoms with Gasteiger partial charge in [-0.25, -0.2) is 0 Å². The first-order valence-electron chi connectivity index (χ1n) is 13.2. The summed E-state index contributed by atoms with van der Waals surface area (Å²) in [5.41, 5.74) is 0.935. The first-order chi connectivity index (χ1) is 18.3. The van der Waals surface area contributed by atoms with E-state index in [0.29, 0.717) is 97.9 Å². The van der Waals surface area contributed by atoms with E-state index in [1.807, 2.05) is 13.8 Å². The number of ether oxygens (including phenoxy) is 2. The molecule has 0 aliphatic carbocycles. The van der Waals surface area contributed by atoms with E-state index in [9.17, 15) is 19.6 Å². The molecule has 206 valence electrons. The van der Waals surface area contributed by atoms with E-state index >= 15 is 0 Å². The zero-order valence-corrected chi connectivity index (χ0v) is 24.2. The van der Waals surface area contributed by atoms with Gasteiger partial charge in [0.1, 0.15) is 21.8 Å². The Bertz CT molecular complexity index is 1200. The lowest BCUT2D eigenvalue weighted by Gasteiger charge is -2.35. The predicted molar refractivity (Wildman–Crippen MR) is 153 cm³/mol. The number of aromatic nitrogens is 1. The van der Waals surface area contributed by atoms with Crippen LogP contribution in [0.2, 0.25) is 0 Å². The van der Waals surface area contributed by atoms with Crippen molar-refractivity contribution in [2.24, 2.45) is 5.92 Å². The molecule has 3 heterocycles. The van der Waals surface area contributed by atoms with Crippen molar-refractivity contribution >= 4 is 52.1 Å². The third-order valence-electron chi connectivity index (χ3n) is 6.73. The van der Waals surface area contributed by atoms with Gasteiger partial charge < -0.3 is 14.4 Å². The van der Waals surface area contributed by atoms with Crippen molar-refractivity contribution in [3.63, 3.8) is 0 Å². The van der Waals surface area contributed by atoms with E-state index in [1.165, 1.54) is 11.8 Å². The van der Waals surface area contributed by atoms with Crippen LogP contribution in [0.4, 0.5) is 5.82 Å². The maximum atomic E-state index is 13.4. The van der Waals surface area contributed by atoms with E-state index < -0.39 is 0 Å². The Morgan fingerprint density at radius 1 is 1.18 bits per heavy atom. The van der Waals surface area contributed by atoms with Crippen molar-refractivity contribution in [3.05, 3.63) is 31.9 Å². The fraction of sp³-hybridized carbons (Fsp3) is 0.593. The van der Waals surface area contributed by atoms with Gasteiger partial charge in [-0.15, -0.1) is 0 Å². The number of carbonyl (C=O) groups is 2. The summed E-state index contributed by atoms with van der Waals surface area (Å²) >= 11 is 6.73. The molecule has 2 fully saturated rings. The number of anilines is 1. The van der Waals surface area contributed by atoms with E-state index in [2.05, 4.69) is 11.0 Å². The minimum atomic E-state index is -0.338. The number of thioether (sulfide) groups is 1. The quantitative estimate of drug-likeness (QED) is 0.173. The molecular formula is C27H36N4O5S2. The lowest BCUT2D eigenvalue weighted by molar-refractivity contribution is -0.148. The highest BCUT2D eigenvalue weighted by atomic mass is 32.2. The van der Waals surface area contributed by atoms with Crippen LogP contribution in [0.3, 0.4) is 0 Å². The van der Waals surface area contributed by atoms with Crippen LogP contribution in [0.5, 0.6) is 0 Å². The first-order valence-corrected chi connectivity index (χ1v) is 14.4. The lowest BCUT2D eigenvalue weighted by Crippen LogP contribution is -2.41. The average Bonchev–Trinajstić information content (AvgIpc) is 3.17. The average molecular weight is 561 g/mol. The molecule has 2 aliphatic heterocycles. The normalized spacial score (nSPS) is 17.4. The summed E-state index contributed by atoms with van der Waals surface area (Å²) in [4.78, 5) is 43.1. The summed E-state index contributed by atoms with van der Waals surface area (Å²) in [5.74, 6) is 0.114. The molecule has 1 aromatic heterocycles. The van der Waals surface area contributed by atoms with Gasteiger partial charge in [0.2, 0.25) is 0 Å². The van der Waals surface area contributed by atoms with Crippen LogP contribution in [-0.2, 0) is 25.6 Å². The highest BCUT2D eigenvalue weighted by Crippen LogP contribution is 2.37. The van der Waals surface area contributed by atoms with Crippen LogP contribution in [0, 0.1) is 24.2 Å². The number of hydrogen-bond donors (Lipinski definition) is 0. The Hall–Kier alpha value is -2.68. The Balaban J connectivity index is 2.03. The van der Waals surface area contributed by atoms with Gasteiger partial charge in [0.15, 0.2) is 0 Å². The summed E-state index contributed by atoms with van der Waals surface area (Å²) in [6.45, 7) is 11.0. The monoisotopic (exact) mass is 560 g/mol. The molecule has 38 heavy (non-hydrogen) atoms. The van der Waals surface area contributed by atoms with Crippen LogP contribution in [-0.4, -0.2) is 65.1 Å². The first kappa shape index (κ1) is 29.9. The maximum absolute atomic E-state index is 13.4. The molecular weight excluding hydrogens is 524 g/mol. The van der Waals surface area contributed by atoms with Gasteiger partial charge in [0, 0.05) is 45.0 Å². The number of hydrogen-bond acceptors (Lipinski definition) is 9. The molecule has 2 aliphatic rings. The van der Waals surface area contributed by atoms with Crippen LogP contribution in [0.15, 0.2) is 9.70 Å². The minimum Gasteiger partial charge on any atom is -0.466 e. The highest BCUT2D eigenvalue weighted by Gasteiger charge is 2.34. The number of rotatable bonds is 11. The summed E-state index contributed by atoms with van der Waals surface area (Å²) in [6, 6.07) is 2.08. The predicted octanol–water partition coefficient (Wildman–Crippen LogP) is 3.85. The standard InChI is InChI=1S/C27H36N4O5S2/c1-5-11-30-23(29-13-9-19(10-14-29)26(34)36-7-3)20(18(4)21(17-28)24(30)32)16-22-25(33)31(27(37)38-22)12-8-15-35-6-2/h16,19H,5-15H2,1-4H3/b22-16-. The molecule has 1 amide bonds. The summed E-state index contributed by atoms with van der Waals surface area (Å²) in [7, 11) is 0. The number of nitriles is 1. The molecule has 0 N–H and O–H groups in total. The zero-order chi connectivity index (χ0) is 27.8. The van der Waals surface area contributed by atoms with Crippen molar-refractivity contribution < 1.29 is 19.1 Å². The summed E-state index contributed by atoms with van der Waals surface area (Å²) < 4.78 is 12.7. The second-order valence-electron chi connectivity index (χ2n) is 9.20. The number of thiocarbonyl (C=S) groups is 1. The smallest absolute Gasteiger partial charge is 0.309 e. The number of piperidine rings is 1. The van der Waals surface area contributed by atoms with Gasteiger partial charge in [-0.2, -0.15) is 5.26 Å². The van der Waals surface area contributed by atoms with Crippen molar-refractivity contribution in [1.82, 2.24) is 9.47 Å². The number of pyridine rings is 1.